The molecule has 0 amide bonds. The second-order valence-electron chi connectivity index (χ2n) is 3.13. The van der Waals surface area contributed by atoms with Crippen LogP contribution in [-0.4, -0.2) is 68.9 Å². The Morgan fingerprint density at radius 1 is 1.41 bits per heavy atom. The van der Waals surface area contributed by atoms with E-state index in [1.165, 1.54) is 6.92 Å². The number of hydrogen-bond acceptors (Lipinski definition) is 7. The van der Waals surface area contributed by atoms with Gasteiger partial charge in [0.15, 0.2) is 0 Å². The van der Waals surface area contributed by atoms with Gasteiger partial charge in [-0.1, -0.05) is 0 Å². The van der Waals surface area contributed by atoms with E-state index in [9.17, 15) is 13.0 Å². The first kappa shape index (κ1) is 20.1. The van der Waals surface area contributed by atoms with Crippen LogP contribution in [0, 0.1) is 0 Å². The quantitative estimate of drug-likeness (QED) is 0.303. The third kappa shape index (κ3) is 14.7. The van der Waals surface area contributed by atoms with E-state index in [0.29, 0.717) is 6.61 Å². The molecule has 1 fully saturated rings. The van der Waals surface area contributed by atoms with E-state index in [4.69, 9.17) is 5.11 Å². The summed E-state index contributed by atoms with van der Waals surface area (Å²) < 4.78 is 32.0. The maximum atomic E-state index is 9.45. The van der Waals surface area contributed by atoms with Crippen molar-refractivity contribution >= 4 is 10.4 Å². The number of β-amino-alcohol motifs (C(OH)–C–C–N with tert-alkyl or cyclic N) is 1. The number of hydrogen-bond donors (Lipinski definition) is 2. The molecule has 2 N–H and O–H groups in total. The zero-order valence-electron chi connectivity index (χ0n) is 10.4. The number of aliphatic hydroxyl groups is 1. The van der Waals surface area contributed by atoms with Crippen molar-refractivity contribution in [3.05, 3.63) is 0 Å². The summed E-state index contributed by atoms with van der Waals surface area (Å²) in [6, 6.07) is 0. The zero-order valence-corrected chi connectivity index (χ0v) is 13.2. The third-order valence-corrected chi connectivity index (χ3v) is 2.41. The molecular weight excluding hydrogens is 259 g/mol. The van der Waals surface area contributed by atoms with E-state index in [-0.39, 0.29) is 36.2 Å². The third-order valence-electron chi connectivity index (χ3n) is 1.89. The molecule has 0 aromatic carbocycles. The van der Waals surface area contributed by atoms with E-state index in [1.807, 2.05) is 0 Å². The van der Waals surface area contributed by atoms with Gasteiger partial charge in [-0.3, -0.25) is 9.08 Å². The summed E-state index contributed by atoms with van der Waals surface area (Å²) in [5.41, 5.74) is 0. The minimum Gasteiger partial charge on any atom is -0.726 e. The van der Waals surface area contributed by atoms with Gasteiger partial charge in [0.1, 0.15) is 0 Å². The molecule has 0 aromatic heterocycles. The molecule has 0 atom stereocenters. The maximum absolute atomic E-state index is 9.45. The van der Waals surface area contributed by atoms with Gasteiger partial charge in [0.25, 0.3) is 0 Å². The van der Waals surface area contributed by atoms with Gasteiger partial charge in [0.2, 0.25) is 10.4 Å². The average Bonchev–Trinajstić information content (AvgIpc) is 2.19. The van der Waals surface area contributed by atoms with Gasteiger partial charge in [-0.25, -0.2) is 8.42 Å². The summed E-state index contributed by atoms with van der Waals surface area (Å²) in [5.74, 6) is 0. The molecule has 98 valence electrons. The molecule has 0 unspecified atom stereocenters. The SMILES string of the molecule is CCOS(=O)(=O)[O-].OCCN1CCNCC1.[Na+]. The molecule has 1 rings (SSSR count). The first-order valence-corrected chi connectivity index (χ1v) is 6.47. The number of aliphatic hydroxyl groups excluding tert-OH is 1. The molecule has 0 saturated carbocycles. The van der Waals surface area contributed by atoms with Crippen LogP contribution in [0.3, 0.4) is 0 Å². The van der Waals surface area contributed by atoms with Crippen LogP contribution in [0.4, 0.5) is 0 Å². The van der Waals surface area contributed by atoms with Gasteiger partial charge in [0, 0.05) is 32.7 Å². The molecule has 17 heavy (non-hydrogen) atoms. The van der Waals surface area contributed by atoms with Crippen molar-refractivity contribution < 1.29 is 51.8 Å². The fourth-order valence-electron chi connectivity index (χ4n) is 1.22. The van der Waals surface area contributed by atoms with Crippen molar-refractivity contribution in [3.8, 4) is 0 Å². The Bertz CT molecular complexity index is 254. The molecule has 0 bridgehead atoms. The standard InChI is InChI=1S/C6H14N2O.C2H6O4S.Na/c9-6-5-8-3-1-7-2-4-8;1-2-6-7(3,4)5;/h7,9H,1-6H2;2H2,1H3,(H,3,4,5);/q;;+1/p-1. The minimum absolute atomic E-state index is 0. The van der Waals surface area contributed by atoms with Gasteiger partial charge in [0.05, 0.1) is 13.2 Å². The summed E-state index contributed by atoms with van der Waals surface area (Å²) in [7, 11) is -4.42. The summed E-state index contributed by atoms with van der Waals surface area (Å²) in [6.45, 7) is 6.77. The zero-order chi connectivity index (χ0) is 12.4. The molecule has 0 aliphatic carbocycles. The summed E-state index contributed by atoms with van der Waals surface area (Å²) in [4.78, 5) is 2.26. The van der Waals surface area contributed by atoms with Crippen molar-refractivity contribution in [2.24, 2.45) is 0 Å². The van der Waals surface area contributed by atoms with Crippen molar-refractivity contribution in [3.63, 3.8) is 0 Å². The molecule has 9 heteroatoms. The fraction of sp³-hybridized carbons (Fsp3) is 1.00. The van der Waals surface area contributed by atoms with Gasteiger partial charge in [-0.05, 0) is 6.92 Å². The second kappa shape index (κ2) is 11.8. The summed E-state index contributed by atoms with van der Waals surface area (Å²) >= 11 is 0. The van der Waals surface area contributed by atoms with Crippen molar-refractivity contribution in [2.75, 3.05) is 45.9 Å². The second-order valence-corrected chi connectivity index (χ2v) is 4.18. The van der Waals surface area contributed by atoms with E-state index >= 15 is 0 Å². The minimum atomic E-state index is -4.42. The van der Waals surface area contributed by atoms with E-state index in [2.05, 4.69) is 14.4 Å². The Balaban J connectivity index is 0. The predicted molar refractivity (Wildman–Crippen MR) is 57.7 cm³/mol. The van der Waals surface area contributed by atoms with Crippen molar-refractivity contribution in [2.45, 2.75) is 6.92 Å². The smallest absolute Gasteiger partial charge is 0.726 e. The fourth-order valence-corrected chi connectivity index (χ4v) is 1.51. The van der Waals surface area contributed by atoms with Crippen LogP contribution < -0.4 is 34.9 Å². The topological polar surface area (TPSA) is 102 Å². The van der Waals surface area contributed by atoms with Gasteiger partial charge in [-0.15, -0.1) is 0 Å². The Kier molecular flexibility index (Phi) is 14.0. The first-order valence-electron chi connectivity index (χ1n) is 5.13. The van der Waals surface area contributed by atoms with Gasteiger partial charge in [-0.2, -0.15) is 0 Å². The molecule has 1 aliphatic rings. The van der Waals surface area contributed by atoms with Crippen LogP contribution in [0.2, 0.25) is 0 Å². The van der Waals surface area contributed by atoms with Gasteiger partial charge < -0.3 is 15.0 Å². The number of piperazine rings is 1. The van der Waals surface area contributed by atoms with Crippen LogP contribution in [-0.2, 0) is 14.6 Å². The normalized spacial score (nSPS) is 16.6. The predicted octanol–water partition coefficient (Wildman–Crippen LogP) is -4.63. The molecular formula is C8H19N2NaO5S. The van der Waals surface area contributed by atoms with E-state index in [0.717, 1.165) is 32.7 Å². The Labute approximate surface area is 125 Å². The van der Waals surface area contributed by atoms with Crippen LogP contribution in [0.25, 0.3) is 0 Å². The van der Waals surface area contributed by atoms with Crippen LogP contribution in [0.15, 0.2) is 0 Å². The molecule has 1 heterocycles. The molecule has 1 aliphatic heterocycles. The van der Waals surface area contributed by atoms with Gasteiger partial charge >= 0.3 is 29.6 Å². The maximum Gasteiger partial charge on any atom is 1.00 e. The Hall–Kier alpha value is 0.750. The summed E-state index contributed by atoms with van der Waals surface area (Å²) in [5, 5.41) is 11.8. The molecule has 1 saturated heterocycles. The molecule has 0 radical (unpaired) electrons. The monoisotopic (exact) mass is 278 g/mol. The van der Waals surface area contributed by atoms with Crippen molar-refractivity contribution in [1.29, 1.82) is 0 Å². The Morgan fingerprint density at radius 3 is 2.24 bits per heavy atom. The first-order chi connectivity index (χ1) is 7.49. The number of nitrogens with zero attached hydrogens (tertiary/aromatic N) is 1. The van der Waals surface area contributed by atoms with Crippen molar-refractivity contribution in [1.82, 2.24) is 10.2 Å². The van der Waals surface area contributed by atoms with E-state index < -0.39 is 10.4 Å². The largest absolute Gasteiger partial charge is 1.00 e. The molecule has 7 nitrogen and oxygen atoms in total. The summed E-state index contributed by atoms with van der Waals surface area (Å²) in [6.07, 6.45) is 0. The molecule has 0 spiro atoms. The van der Waals surface area contributed by atoms with Crippen LogP contribution in [0.5, 0.6) is 0 Å². The molecule has 0 aromatic rings. The van der Waals surface area contributed by atoms with Crippen LogP contribution >= 0.6 is 0 Å². The average molecular weight is 278 g/mol. The number of rotatable bonds is 4. The Morgan fingerprint density at radius 2 is 1.94 bits per heavy atom. The number of nitrogens with one attached hydrogen (secondary N) is 1. The van der Waals surface area contributed by atoms with Crippen LogP contribution in [0.1, 0.15) is 6.92 Å². The van der Waals surface area contributed by atoms with E-state index in [1.54, 1.807) is 0 Å².